The zero-order valence-corrected chi connectivity index (χ0v) is 17.7. The maximum absolute atomic E-state index is 12.7. The first-order valence-corrected chi connectivity index (χ1v) is 11.2. The van der Waals surface area contributed by atoms with Crippen molar-refractivity contribution in [1.82, 2.24) is 0 Å². The molecule has 0 unspecified atom stereocenters. The molecule has 0 aliphatic rings. The van der Waals surface area contributed by atoms with Crippen LogP contribution in [0.2, 0.25) is 10.0 Å². The first-order valence-electron chi connectivity index (χ1n) is 8.51. The zero-order valence-electron chi connectivity index (χ0n) is 15.4. The Balaban J connectivity index is 1.78. The van der Waals surface area contributed by atoms with E-state index in [0.29, 0.717) is 27.0 Å². The summed E-state index contributed by atoms with van der Waals surface area (Å²) < 4.78 is 29.2. The topological polar surface area (TPSA) is 72.5 Å². The van der Waals surface area contributed by atoms with E-state index < -0.39 is 15.7 Å². The highest BCUT2D eigenvalue weighted by atomic mass is 35.5. The van der Waals surface area contributed by atoms with Gasteiger partial charge < -0.3 is 10.1 Å². The molecule has 0 aliphatic carbocycles. The van der Waals surface area contributed by atoms with Crippen LogP contribution in [-0.4, -0.2) is 20.6 Å². The number of carbonyl (C=O) groups excluding carboxylic acids is 1. The summed E-state index contributed by atoms with van der Waals surface area (Å²) in [6.07, 6.45) is 1.11. The molecule has 0 spiro atoms. The molecule has 3 rings (SSSR count). The third kappa shape index (κ3) is 5.50. The lowest BCUT2D eigenvalue weighted by Gasteiger charge is -2.13. The molecule has 0 aliphatic heterocycles. The van der Waals surface area contributed by atoms with Crippen molar-refractivity contribution < 1.29 is 17.9 Å². The molecule has 8 heteroatoms. The summed E-state index contributed by atoms with van der Waals surface area (Å²) in [5.41, 5.74) is 1.41. The summed E-state index contributed by atoms with van der Waals surface area (Å²) in [6.45, 7) is 0.157. The highest BCUT2D eigenvalue weighted by molar-refractivity contribution is 7.90. The number of para-hydroxylation sites is 1. The van der Waals surface area contributed by atoms with Crippen LogP contribution in [0, 0.1) is 0 Å². The van der Waals surface area contributed by atoms with E-state index >= 15 is 0 Å². The first kappa shape index (κ1) is 21.2. The van der Waals surface area contributed by atoms with Crippen LogP contribution in [-0.2, 0) is 16.4 Å². The van der Waals surface area contributed by atoms with Crippen molar-refractivity contribution in [2.75, 3.05) is 11.6 Å². The highest BCUT2D eigenvalue weighted by Crippen LogP contribution is 2.25. The summed E-state index contributed by atoms with van der Waals surface area (Å²) in [7, 11) is -3.38. The number of nitrogens with one attached hydrogen (secondary N) is 1. The Labute approximate surface area is 179 Å². The standard InChI is InChI=1S/C21H17Cl2NO4S/c1-29(26,27)17-6-4-5-16(12-17)24-21(25)18-7-2-3-8-20(18)28-13-14-9-10-15(22)11-19(14)23/h2-12H,13H2,1H3,(H,24,25). The minimum Gasteiger partial charge on any atom is -0.488 e. The molecule has 0 aromatic heterocycles. The Bertz CT molecular complexity index is 1160. The number of anilines is 1. The summed E-state index contributed by atoms with van der Waals surface area (Å²) in [5.74, 6) is -0.0521. The molecule has 0 fully saturated rings. The number of ether oxygens (including phenoxy) is 1. The average molecular weight is 450 g/mol. The quantitative estimate of drug-likeness (QED) is 0.559. The van der Waals surface area contributed by atoms with Crippen molar-refractivity contribution in [3.63, 3.8) is 0 Å². The predicted octanol–water partition coefficient (Wildman–Crippen LogP) is 5.23. The lowest BCUT2D eigenvalue weighted by Crippen LogP contribution is -2.14. The van der Waals surface area contributed by atoms with Crippen molar-refractivity contribution in [3.8, 4) is 5.75 Å². The van der Waals surface area contributed by atoms with Crippen LogP contribution in [0.3, 0.4) is 0 Å². The Hall–Kier alpha value is -2.54. The van der Waals surface area contributed by atoms with Crippen molar-refractivity contribution in [3.05, 3.63) is 87.9 Å². The fourth-order valence-electron chi connectivity index (χ4n) is 2.58. The Morgan fingerprint density at radius 2 is 1.76 bits per heavy atom. The highest BCUT2D eigenvalue weighted by Gasteiger charge is 2.14. The van der Waals surface area contributed by atoms with Gasteiger partial charge in [-0.2, -0.15) is 0 Å². The van der Waals surface area contributed by atoms with Gasteiger partial charge in [0.1, 0.15) is 12.4 Å². The minimum atomic E-state index is -3.38. The normalized spacial score (nSPS) is 11.1. The van der Waals surface area contributed by atoms with Gasteiger partial charge in [-0.25, -0.2) is 8.42 Å². The van der Waals surface area contributed by atoms with E-state index in [-0.39, 0.29) is 11.5 Å². The maximum Gasteiger partial charge on any atom is 0.259 e. The molecule has 0 heterocycles. The van der Waals surface area contributed by atoms with Crippen LogP contribution in [0.4, 0.5) is 5.69 Å². The molecule has 0 radical (unpaired) electrons. The Kier molecular flexibility index (Phi) is 6.47. The number of sulfone groups is 1. The molecule has 150 valence electrons. The van der Waals surface area contributed by atoms with Crippen molar-refractivity contribution >= 4 is 44.6 Å². The fourth-order valence-corrected chi connectivity index (χ4v) is 3.71. The molecule has 29 heavy (non-hydrogen) atoms. The monoisotopic (exact) mass is 449 g/mol. The number of hydrogen-bond acceptors (Lipinski definition) is 4. The second-order valence-electron chi connectivity index (χ2n) is 6.27. The van der Waals surface area contributed by atoms with Gasteiger partial charge in [0.2, 0.25) is 0 Å². The number of amides is 1. The van der Waals surface area contributed by atoms with E-state index in [1.54, 1.807) is 54.6 Å². The number of hydrogen-bond donors (Lipinski definition) is 1. The van der Waals surface area contributed by atoms with Gasteiger partial charge in [-0.05, 0) is 42.5 Å². The lowest BCUT2D eigenvalue weighted by molar-refractivity contribution is 0.102. The number of rotatable bonds is 6. The average Bonchev–Trinajstić information content (AvgIpc) is 2.67. The van der Waals surface area contributed by atoms with E-state index in [1.807, 2.05) is 0 Å². The van der Waals surface area contributed by atoms with Crippen LogP contribution >= 0.6 is 23.2 Å². The predicted molar refractivity (Wildman–Crippen MR) is 115 cm³/mol. The second kappa shape index (κ2) is 8.86. The molecule has 5 nitrogen and oxygen atoms in total. The maximum atomic E-state index is 12.7. The number of carbonyl (C=O) groups is 1. The van der Waals surface area contributed by atoms with Crippen LogP contribution < -0.4 is 10.1 Å². The molecule has 0 bridgehead atoms. The molecule has 3 aromatic carbocycles. The first-order chi connectivity index (χ1) is 13.7. The number of benzene rings is 3. The fraction of sp³-hybridized carbons (Fsp3) is 0.0952. The van der Waals surface area contributed by atoms with Gasteiger partial charge in [0, 0.05) is 27.6 Å². The van der Waals surface area contributed by atoms with E-state index in [0.717, 1.165) is 11.8 Å². The molecule has 1 N–H and O–H groups in total. The molecule has 0 saturated heterocycles. The van der Waals surface area contributed by atoms with Gasteiger partial charge >= 0.3 is 0 Å². The van der Waals surface area contributed by atoms with E-state index in [9.17, 15) is 13.2 Å². The molecule has 0 saturated carbocycles. The number of halogens is 2. The summed E-state index contributed by atoms with van der Waals surface area (Å²) in [6, 6.07) is 17.9. The van der Waals surface area contributed by atoms with Gasteiger partial charge in [-0.15, -0.1) is 0 Å². The SMILES string of the molecule is CS(=O)(=O)c1cccc(NC(=O)c2ccccc2OCc2ccc(Cl)cc2Cl)c1. The van der Waals surface area contributed by atoms with Gasteiger partial charge in [-0.3, -0.25) is 4.79 Å². The van der Waals surface area contributed by atoms with Crippen LogP contribution in [0.1, 0.15) is 15.9 Å². The minimum absolute atomic E-state index is 0.122. The van der Waals surface area contributed by atoms with Crippen molar-refractivity contribution in [2.45, 2.75) is 11.5 Å². The van der Waals surface area contributed by atoms with Crippen LogP contribution in [0.5, 0.6) is 5.75 Å². The van der Waals surface area contributed by atoms with E-state index in [1.165, 1.54) is 12.1 Å². The summed E-state index contributed by atoms with van der Waals surface area (Å²) in [4.78, 5) is 12.9. The molecular formula is C21H17Cl2NO4S. The van der Waals surface area contributed by atoms with E-state index in [4.69, 9.17) is 27.9 Å². The van der Waals surface area contributed by atoms with Gasteiger partial charge in [-0.1, -0.05) is 47.5 Å². The molecule has 0 atom stereocenters. The van der Waals surface area contributed by atoms with Gasteiger partial charge in [0.15, 0.2) is 9.84 Å². The van der Waals surface area contributed by atoms with Crippen LogP contribution in [0.15, 0.2) is 71.6 Å². The Morgan fingerprint density at radius 3 is 2.48 bits per heavy atom. The third-order valence-electron chi connectivity index (χ3n) is 4.05. The zero-order chi connectivity index (χ0) is 21.0. The Morgan fingerprint density at radius 1 is 1.00 bits per heavy atom. The summed E-state index contributed by atoms with van der Waals surface area (Å²) in [5, 5.41) is 3.69. The lowest BCUT2D eigenvalue weighted by atomic mass is 10.1. The smallest absolute Gasteiger partial charge is 0.259 e. The molecule has 3 aromatic rings. The van der Waals surface area contributed by atoms with E-state index in [2.05, 4.69) is 5.32 Å². The molecule has 1 amide bonds. The third-order valence-corrected chi connectivity index (χ3v) is 5.75. The van der Waals surface area contributed by atoms with Gasteiger partial charge in [0.25, 0.3) is 5.91 Å². The largest absolute Gasteiger partial charge is 0.488 e. The van der Waals surface area contributed by atoms with Crippen LogP contribution in [0.25, 0.3) is 0 Å². The van der Waals surface area contributed by atoms with Gasteiger partial charge in [0.05, 0.1) is 10.5 Å². The molecular weight excluding hydrogens is 433 g/mol. The van der Waals surface area contributed by atoms with Crippen molar-refractivity contribution in [2.24, 2.45) is 0 Å². The summed E-state index contributed by atoms with van der Waals surface area (Å²) >= 11 is 12.1. The second-order valence-corrected chi connectivity index (χ2v) is 9.13. The van der Waals surface area contributed by atoms with Crippen molar-refractivity contribution in [1.29, 1.82) is 0 Å².